The number of aromatic nitrogens is 3. The molecule has 2 heterocycles. The lowest BCUT2D eigenvalue weighted by atomic mass is 10.1. The number of aryl methyl sites for hydroxylation is 2. The molecule has 0 aliphatic rings. The first-order valence-electron chi connectivity index (χ1n) is 7.72. The van der Waals surface area contributed by atoms with Crippen LogP contribution in [0.2, 0.25) is 0 Å². The average Bonchev–Trinajstić information content (AvgIpc) is 2.78. The van der Waals surface area contributed by atoms with Gasteiger partial charge in [-0.1, -0.05) is 20.8 Å². The minimum atomic E-state index is 0.662. The number of rotatable bonds is 6. The molecule has 0 aliphatic heterocycles. The van der Waals surface area contributed by atoms with Crippen LogP contribution in [0.4, 0.5) is 0 Å². The molecule has 4 nitrogen and oxygen atoms in total. The van der Waals surface area contributed by atoms with E-state index in [9.17, 15) is 0 Å². The minimum Gasteiger partial charge on any atom is -0.312 e. The largest absolute Gasteiger partial charge is 0.312 e. The van der Waals surface area contributed by atoms with Crippen molar-refractivity contribution >= 4 is 0 Å². The molecule has 0 atom stereocenters. The van der Waals surface area contributed by atoms with Gasteiger partial charge in [0.25, 0.3) is 0 Å². The molecule has 4 heteroatoms. The van der Waals surface area contributed by atoms with Crippen LogP contribution in [0.25, 0.3) is 5.82 Å². The summed E-state index contributed by atoms with van der Waals surface area (Å²) < 4.78 is 2.07. The standard InChI is InChI=1S/C17H26N4/c1-6-16-7-15(10-18-9-12(2)3)8-17(20-16)21-11-19-13(4)14(21)5/h7-8,11-12,18H,6,9-10H2,1-5H3. The third-order valence-corrected chi connectivity index (χ3v) is 3.67. The van der Waals surface area contributed by atoms with Crippen molar-refractivity contribution in [2.75, 3.05) is 6.54 Å². The molecule has 0 fully saturated rings. The highest BCUT2D eigenvalue weighted by molar-refractivity contribution is 5.34. The number of nitrogens with one attached hydrogen (secondary N) is 1. The topological polar surface area (TPSA) is 42.7 Å². The zero-order valence-corrected chi connectivity index (χ0v) is 13.8. The van der Waals surface area contributed by atoms with Crippen LogP contribution < -0.4 is 5.32 Å². The van der Waals surface area contributed by atoms with E-state index in [1.165, 1.54) is 5.56 Å². The maximum absolute atomic E-state index is 4.73. The lowest BCUT2D eigenvalue weighted by molar-refractivity contribution is 0.552. The lowest BCUT2D eigenvalue weighted by Crippen LogP contribution is -2.19. The second-order valence-corrected chi connectivity index (χ2v) is 5.99. The second kappa shape index (κ2) is 6.85. The molecule has 0 saturated heterocycles. The number of imidazole rings is 1. The second-order valence-electron chi connectivity index (χ2n) is 5.99. The van der Waals surface area contributed by atoms with Gasteiger partial charge < -0.3 is 5.32 Å². The summed E-state index contributed by atoms with van der Waals surface area (Å²) in [5.41, 5.74) is 4.61. The quantitative estimate of drug-likeness (QED) is 0.887. The van der Waals surface area contributed by atoms with Crippen LogP contribution in [0.1, 0.15) is 43.4 Å². The molecule has 0 spiro atoms. The lowest BCUT2D eigenvalue weighted by Gasteiger charge is -2.12. The van der Waals surface area contributed by atoms with Crippen LogP contribution in [0, 0.1) is 19.8 Å². The monoisotopic (exact) mass is 286 g/mol. The molecule has 1 N–H and O–H groups in total. The molecule has 2 aromatic rings. The first-order valence-corrected chi connectivity index (χ1v) is 7.72. The molecule has 0 aromatic carbocycles. The summed E-state index contributed by atoms with van der Waals surface area (Å²) in [6, 6.07) is 4.34. The summed E-state index contributed by atoms with van der Waals surface area (Å²) in [7, 11) is 0. The van der Waals surface area contributed by atoms with Crippen molar-refractivity contribution in [3.63, 3.8) is 0 Å². The van der Waals surface area contributed by atoms with Gasteiger partial charge in [-0.15, -0.1) is 0 Å². The molecular weight excluding hydrogens is 260 g/mol. The number of nitrogens with zero attached hydrogens (tertiary/aromatic N) is 3. The molecule has 0 radical (unpaired) electrons. The van der Waals surface area contributed by atoms with Crippen molar-refractivity contribution in [3.05, 3.63) is 41.1 Å². The van der Waals surface area contributed by atoms with Gasteiger partial charge in [0.05, 0.1) is 5.69 Å². The van der Waals surface area contributed by atoms with Crippen molar-refractivity contribution < 1.29 is 0 Å². The van der Waals surface area contributed by atoms with E-state index in [4.69, 9.17) is 4.98 Å². The van der Waals surface area contributed by atoms with Crippen LogP contribution >= 0.6 is 0 Å². The Morgan fingerprint density at radius 1 is 1.24 bits per heavy atom. The zero-order chi connectivity index (χ0) is 15.4. The van der Waals surface area contributed by atoms with Crippen LogP contribution in [0.15, 0.2) is 18.5 Å². The van der Waals surface area contributed by atoms with Gasteiger partial charge in [0.15, 0.2) is 0 Å². The molecule has 0 saturated carbocycles. The van der Waals surface area contributed by atoms with E-state index in [0.29, 0.717) is 5.92 Å². The number of pyridine rings is 1. The van der Waals surface area contributed by atoms with E-state index >= 15 is 0 Å². The molecule has 0 bridgehead atoms. The Labute approximate surface area is 127 Å². The van der Waals surface area contributed by atoms with Crippen LogP contribution in [0.5, 0.6) is 0 Å². The van der Waals surface area contributed by atoms with Crippen molar-refractivity contribution in [3.8, 4) is 5.82 Å². The Morgan fingerprint density at radius 2 is 2.00 bits per heavy atom. The minimum absolute atomic E-state index is 0.662. The van der Waals surface area contributed by atoms with Gasteiger partial charge >= 0.3 is 0 Å². The third kappa shape index (κ3) is 3.91. The molecular formula is C17H26N4. The van der Waals surface area contributed by atoms with Gasteiger partial charge in [-0.2, -0.15) is 0 Å². The maximum atomic E-state index is 4.73. The predicted octanol–water partition coefficient (Wildman–Crippen LogP) is 3.19. The third-order valence-electron chi connectivity index (χ3n) is 3.67. The van der Waals surface area contributed by atoms with Crippen LogP contribution in [0.3, 0.4) is 0 Å². The Kier molecular flexibility index (Phi) is 5.12. The van der Waals surface area contributed by atoms with Gasteiger partial charge in [0.1, 0.15) is 12.1 Å². The summed E-state index contributed by atoms with van der Waals surface area (Å²) in [5.74, 6) is 1.63. The molecule has 2 aromatic heterocycles. The molecule has 0 aliphatic carbocycles. The van der Waals surface area contributed by atoms with E-state index in [-0.39, 0.29) is 0 Å². The highest BCUT2D eigenvalue weighted by Crippen LogP contribution is 2.15. The zero-order valence-electron chi connectivity index (χ0n) is 13.8. The van der Waals surface area contributed by atoms with Crippen molar-refractivity contribution in [2.45, 2.75) is 47.6 Å². The van der Waals surface area contributed by atoms with E-state index in [1.54, 1.807) is 0 Å². The first-order chi connectivity index (χ1) is 10.0. The van der Waals surface area contributed by atoms with Crippen LogP contribution in [-0.2, 0) is 13.0 Å². The number of hydrogen-bond acceptors (Lipinski definition) is 3. The fraction of sp³-hybridized carbons (Fsp3) is 0.529. The van der Waals surface area contributed by atoms with Gasteiger partial charge in [0.2, 0.25) is 0 Å². The van der Waals surface area contributed by atoms with Gasteiger partial charge in [0, 0.05) is 17.9 Å². The average molecular weight is 286 g/mol. The summed E-state index contributed by atoms with van der Waals surface area (Å²) in [6.07, 6.45) is 2.80. The molecule has 0 amide bonds. The van der Waals surface area contributed by atoms with Crippen molar-refractivity contribution in [1.82, 2.24) is 19.9 Å². The maximum Gasteiger partial charge on any atom is 0.138 e. The van der Waals surface area contributed by atoms with E-state index in [1.807, 2.05) is 13.3 Å². The van der Waals surface area contributed by atoms with Crippen molar-refractivity contribution in [1.29, 1.82) is 0 Å². The predicted molar refractivity (Wildman–Crippen MR) is 86.8 cm³/mol. The summed E-state index contributed by atoms with van der Waals surface area (Å²) in [4.78, 5) is 9.11. The fourth-order valence-corrected chi connectivity index (χ4v) is 2.27. The fourth-order valence-electron chi connectivity index (χ4n) is 2.27. The highest BCUT2D eigenvalue weighted by Gasteiger charge is 2.08. The number of hydrogen-bond donors (Lipinski definition) is 1. The van der Waals surface area contributed by atoms with Crippen LogP contribution in [-0.4, -0.2) is 21.1 Å². The smallest absolute Gasteiger partial charge is 0.138 e. The van der Waals surface area contributed by atoms with Crippen molar-refractivity contribution in [2.24, 2.45) is 5.92 Å². The summed E-state index contributed by atoms with van der Waals surface area (Å²) in [6.45, 7) is 12.6. The molecule has 114 valence electrons. The Morgan fingerprint density at radius 3 is 2.57 bits per heavy atom. The normalized spacial score (nSPS) is 11.3. The first kappa shape index (κ1) is 15.7. The SMILES string of the molecule is CCc1cc(CNCC(C)C)cc(-n2cnc(C)c2C)n1. The Bertz CT molecular complexity index is 599. The highest BCUT2D eigenvalue weighted by atomic mass is 15.1. The molecule has 2 rings (SSSR count). The molecule has 21 heavy (non-hydrogen) atoms. The van der Waals surface area contributed by atoms with E-state index in [0.717, 1.165) is 42.4 Å². The van der Waals surface area contributed by atoms with Gasteiger partial charge in [-0.05, 0) is 50.4 Å². The van der Waals surface area contributed by atoms with E-state index < -0.39 is 0 Å². The van der Waals surface area contributed by atoms with E-state index in [2.05, 4.69) is 54.7 Å². The van der Waals surface area contributed by atoms with Gasteiger partial charge in [-0.3, -0.25) is 4.57 Å². The summed E-state index contributed by atoms with van der Waals surface area (Å²) in [5, 5.41) is 3.50. The Balaban J connectivity index is 2.27. The summed E-state index contributed by atoms with van der Waals surface area (Å²) >= 11 is 0. The Hall–Kier alpha value is -1.68. The molecule has 0 unspecified atom stereocenters. The van der Waals surface area contributed by atoms with Gasteiger partial charge in [-0.25, -0.2) is 9.97 Å².